The average molecular weight is 466 g/mol. The molecule has 0 aliphatic carbocycles. The maximum atomic E-state index is 12.9. The number of carbonyl (C=O) groups excluding carboxylic acids is 2. The normalized spacial score (nSPS) is 12.5. The fraction of sp³-hybridized carbons (Fsp3) is 0.167. The minimum atomic E-state index is -0.444. The first kappa shape index (κ1) is 23.7. The maximum absolute atomic E-state index is 12.9. The summed E-state index contributed by atoms with van der Waals surface area (Å²) >= 11 is 5.83. The second-order valence-corrected chi connectivity index (χ2v) is 7.61. The SMILES string of the molecule is C.Cc1ccc(C(=O)Nc2ccc(N3CCOC3=N)cc2)c(NC(=O)c2ccc(Cl)cn2)c1. The molecule has 0 bridgehead atoms. The number of anilines is 3. The Labute approximate surface area is 197 Å². The Morgan fingerprint density at radius 2 is 1.82 bits per heavy atom. The van der Waals surface area contributed by atoms with Crippen molar-refractivity contribution in [1.29, 1.82) is 5.41 Å². The van der Waals surface area contributed by atoms with Gasteiger partial charge in [0.15, 0.2) is 0 Å². The fourth-order valence-corrected chi connectivity index (χ4v) is 3.35. The molecule has 1 aliphatic rings. The van der Waals surface area contributed by atoms with Gasteiger partial charge in [-0.05, 0) is 61.0 Å². The molecule has 0 saturated carbocycles. The number of amidine groups is 1. The van der Waals surface area contributed by atoms with Crippen molar-refractivity contribution in [1.82, 2.24) is 4.98 Å². The van der Waals surface area contributed by atoms with Crippen LogP contribution in [-0.4, -0.2) is 36.0 Å². The largest absolute Gasteiger partial charge is 0.463 e. The molecule has 1 saturated heterocycles. The molecule has 0 atom stereocenters. The van der Waals surface area contributed by atoms with Crippen molar-refractivity contribution in [3.8, 4) is 0 Å². The number of aryl methyl sites for hydroxylation is 1. The molecule has 0 spiro atoms. The summed E-state index contributed by atoms with van der Waals surface area (Å²) in [4.78, 5) is 31.3. The minimum Gasteiger partial charge on any atom is -0.463 e. The van der Waals surface area contributed by atoms with Crippen LogP contribution in [0.15, 0.2) is 60.8 Å². The number of hydrogen-bond acceptors (Lipinski definition) is 5. The summed E-state index contributed by atoms with van der Waals surface area (Å²) in [6.45, 7) is 2.96. The highest BCUT2D eigenvalue weighted by Gasteiger charge is 2.20. The summed E-state index contributed by atoms with van der Waals surface area (Å²) in [6.07, 6.45) is 1.39. The van der Waals surface area contributed by atoms with Crippen LogP contribution in [0.25, 0.3) is 0 Å². The summed E-state index contributed by atoms with van der Waals surface area (Å²) in [5.74, 6) is -0.810. The molecular weight excluding hydrogens is 442 g/mol. The zero-order valence-corrected chi connectivity index (χ0v) is 17.9. The lowest BCUT2D eigenvalue weighted by Crippen LogP contribution is -2.23. The number of nitrogens with zero attached hydrogens (tertiary/aromatic N) is 2. The van der Waals surface area contributed by atoms with Gasteiger partial charge in [-0.15, -0.1) is 0 Å². The number of ether oxygens (including phenoxy) is 1. The van der Waals surface area contributed by atoms with Crippen molar-refractivity contribution in [2.45, 2.75) is 14.4 Å². The number of hydrogen-bond donors (Lipinski definition) is 3. The number of aromatic nitrogens is 1. The van der Waals surface area contributed by atoms with Crippen molar-refractivity contribution in [2.75, 3.05) is 28.7 Å². The molecule has 4 rings (SSSR count). The van der Waals surface area contributed by atoms with Gasteiger partial charge in [0.1, 0.15) is 12.3 Å². The Morgan fingerprint density at radius 3 is 2.45 bits per heavy atom. The average Bonchev–Trinajstić information content (AvgIpc) is 3.20. The van der Waals surface area contributed by atoms with Crippen LogP contribution in [0.4, 0.5) is 17.1 Å². The van der Waals surface area contributed by atoms with E-state index in [-0.39, 0.29) is 25.0 Å². The molecule has 1 fully saturated rings. The number of pyridine rings is 1. The van der Waals surface area contributed by atoms with Gasteiger partial charge in [0.25, 0.3) is 17.8 Å². The Balaban J connectivity index is 0.00000306. The fourth-order valence-electron chi connectivity index (χ4n) is 3.24. The maximum Gasteiger partial charge on any atom is 0.289 e. The predicted molar refractivity (Wildman–Crippen MR) is 131 cm³/mol. The van der Waals surface area contributed by atoms with Gasteiger partial charge in [-0.3, -0.25) is 19.9 Å². The van der Waals surface area contributed by atoms with Gasteiger partial charge < -0.3 is 15.4 Å². The number of benzene rings is 2. The minimum absolute atomic E-state index is 0. The molecule has 2 heterocycles. The van der Waals surface area contributed by atoms with E-state index >= 15 is 0 Å². The lowest BCUT2D eigenvalue weighted by molar-refractivity contribution is 0.102. The first-order chi connectivity index (χ1) is 15.4. The molecule has 1 aliphatic heterocycles. The molecule has 3 aromatic rings. The summed E-state index contributed by atoms with van der Waals surface area (Å²) in [6, 6.07) is 15.5. The quantitative estimate of drug-likeness (QED) is 0.493. The van der Waals surface area contributed by atoms with E-state index in [0.717, 1.165) is 11.3 Å². The van der Waals surface area contributed by atoms with Crippen LogP contribution in [0.5, 0.6) is 0 Å². The van der Waals surface area contributed by atoms with Crippen LogP contribution in [0.1, 0.15) is 33.8 Å². The predicted octanol–water partition coefficient (Wildman–Crippen LogP) is 4.96. The van der Waals surface area contributed by atoms with E-state index in [9.17, 15) is 9.59 Å². The lowest BCUT2D eigenvalue weighted by Gasteiger charge is -2.16. The van der Waals surface area contributed by atoms with Gasteiger partial charge >= 0.3 is 0 Å². The second-order valence-electron chi connectivity index (χ2n) is 7.17. The molecule has 170 valence electrons. The van der Waals surface area contributed by atoms with E-state index in [1.807, 2.05) is 19.1 Å². The van der Waals surface area contributed by atoms with Gasteiger partial charge in [-0.2, -0.15) is 0 Å². The van der Waals surface area contributed by atoms with Crippen LogP contribution in [0.3, 0.4) is 0 Å². The van der Waals surface area contributed by atoms with Gasteiger partial charge in [0.2, 0.25) is 0 Å². The molecule has 2 aromatic carbocycles. The molecule has 1 aromatic heterocycles. The first-order valence-electron chi connectivity index (χ1n) is 9.84. The summed E-state index contributed by atoms with van der Waals surface area (Å²) in [7, 11) is 0. The van der Waals surface area contributed by atoms with E-state index < -0.39 is 5.91 Å². The van der Waals surface area contributed by atoms with Gasteiger partial charge in [0, 0.05) is 17.6 Å². The summed E-state index contributed by atoms with van der Waals surface area (Å²) in [5.41, 5.74) is 3.17. The number of amides is 2. The van der Waals surface area contributed by atoms with E-state index in [1.165, 1.54) is 12.3 Å². The molecule has 9 heteroatoms. The summed E-state index contributed by atoms with van der Waals surface area (Å²) in [5, 5.41) is 13.8. The van der Waals surface area contributed by atoms with Crippen LogP contribution < -0.4 is 15.5 Å². The number of halogens is 1. The number of rotatable bonds is 5. The van der Waals surface area contributed by atoms with E-state index in [0.29, 0.717) is 35.1 Å². The molecule has 2 amide bonds. The first-order valence-corrected chi connectivity index (χ1v) is 10.2. The molecule has 33 heavy (non-hydrogen) atoms. The third-order valence-corrected chi connectivity index (χ3v) is 5.09. The Morgan fingerprint density at radius 1 is 1.06 bits per heavy atom. The van der Waals surface area contributed by atoms with E-state index in [2.05, 4.69) is 15.6 Å². The van der Waals surface area contributed by atoms with Crippen molar-refractivity contribution in [3.63, 3.8) is 0 Å². The van der Waals surface area contributed by atoms with Crippen molar-refractivity contribution < 1.29 is 14.3 Å². The molecule has 0 radical (unpaired) electrons. The molecule has 0 unspecified atom stereocenters. The van der Waals surface area contributed by atoms with Crippen LogP contribution >= 0.6 is 11.6 Å². The highest BCUT2D eigenvalue weighted by molar-refractivity contribution is 6.30. The lowest BCUT2D eigenvalue weighted by atomic mass is 10.1. The van der Waals surface area contributed by atoms with Crippen LogP contribution in [0, 0.1) is 12.3 Å². The van der Waals surface area contributed by atoms with Crippen molar-refractivity contribution in [2.24, 2.45) is 0 Å². The Kier molecular flexibility index (Phi) is 7.30. The van der Waals surface area contributed by atoms with Crippen molar-refractivity contribution in [3.05, 3.63) is 82.6 Å². The topological polar surface area (TPSA) is 107 Å². The Bertz CT molecular complexity index is 1180. The van der Waals surface area contributed by atoms with Gasteiger partial charge in [-0.25, -0.2) is 4.98 Å². The Hall–Kier alpha value is -3.91. The second kappa shape index (κ2) is 10.1. The molecular formula is C24H24ClN5O3. The van der Waals surface area contributed by atoms with E-state index in [1.54, 1.807) is 41.3 Å². The number of nitrogens with one attached hydrogen (secondary N) is 3. The molecule has 8 nitrogen and oxygen atoms in total. The standard InChI is InChI=1S/C23H20ClN5O3.CH4/c1-14-2-8-18(20(12-14)28-22(31)19-9-3-15(24)13-26-19)21(30)27-16-4-6-17(7-5-16)29-10-11-32-23(29)25;/h2-9,12-13,25H,10-11H2,1H3,(H,27,30)(H,28,31);1H4. The highest BCUT2D eigenvalue weighted by Crippen LogP contribution is 2.23. The van der Waals surface area contributed by atoms with E-state index in [4.69, 9.17) is 21.7 Å². The van der Waals surface area contributed by atoms with Gasteiger partial charge in [0.05, 0.1) is 22.8 Å². The smallest absolute Gasteiger partial charge is 0.289 e. The monoisotopic (exact) mass is 465 g/mol. The van der Waals surface area contributed by atoms with Gasteiger partial charge in [-0.1, -0.05) is 25.1 Å². The van der Waals surface area contributed by atoms with Crippen LogP contribution in [-0.2, 0) is 4.74 Å². The summed E-state index contributed by atoms with van der Waals surface area (Å²) < 4.78 is 5.16. The zero-order chi connectivity index (χ0) is 22.7. The third-order valence-electron chi connectivity index (χ3n) is 4.86. The highest BCUT2D eigenvalue weighted by atomic mass is 35.5. The third kappa shape index (κ3) is 5.48. The number of carbonyl (C=O) groups is 2. The van der Waals surface area contributed by atoms with Crippen molar-refractivity contribution >= 4 is 46.5 Å². The van der Waals surface area contributed by atoms with Crippen LogP contribution in [0.2, 0.25) is 5.02 Å². The molecule has 3 N–H and O–H groups in total. The zero-order valence-electron chi connectivity index (χ0n) is 17.2.